The molecule has 1 amide bonds. The van der Waals surface area contributed by atoms with Crippen molar-refractivity contribution in [3.63, 3.8) is 0 Å². The molecule has 0 saturated heterocycles. The number of halogens is 1. The van der Waals surface area contributed by atoms with E-state index in [0.29, 0.717) is 17.7 Å². The highest BCUT2D eigenvalue weighted by Gasteiger charge is 2.23. The summed E-state index contributed by atoms with van der Waals surface area (Å²) in [6.07, 6.45) is 0.319. The molecule has 0 unspecified atom stereocenters. The molecule has 7 nitrogen and oxygen atoms in total. The minimum atomic E-state index is -4.17. The summed E-state index contributed by atoms with van der Waals surface area (Å²) in [7, 11) is -2.67. The van der Waals surface area contributed by atoms with Gasteiger partial charge in [0.1, 0.15) is 22.2 Å². The van der Waals surface area contributed by atoms with Gasteiger partial charge in [-0.2, -0.15) is 8.42 Å². The maximum atomic E-state index is 13.5. The summed E-state index contributed by atoms with van der Waals surface area (Å²) in [6, 6.07) is 17.4. The zero-order valence-electron chi connectivity index (χ0n) is 23.2. The minimum Gasteiger partial charge on any atom is -0.497 e. The van der Waals surface area contributed by atoms with Crippen molar-refractivity contribution in [3.8, 4) is 11.5 Å². The van der Waals surface area contributed by atoms with Crippen LogP contribution in [-0.2, 0) is 28.0 Å². The van der Waals surface area contributed by atoms with Gasteiger partial charge in [-0.05, 0) is 67.8 Å². The second-order valence-corrected chi connectivity index (χ2v) is 11.2. The van der Waals surface area contributed by atoms with Gasteiger partial charge in [-0.3, -0.25) is 4.79 Å². The molecular formula is C30H37FN2O5S. The van der Waals surface area contributed by atoms with E-state index in [-0.39, 0.29) is 41.4 Å². The van der Waals surface area contributed by atoms with Crippen LogP contribution in [0.3, 0.4) is 0 Å². The zero-order valence-corrected chi connectivity index (χ0v) is 24.0. The second-order valence-electron chi connectivity index (χ2n) is 9.65. The molecule has 0 aliphatic heterocycles. The molecule has 0 fully saturated rings. The summed E-state index contributed by atoms with van der Waals surface area (Å²) in [4.78, 5) is 17.0. The smallest absolute Gasteiger partial charge is 0.339 e. The molecule has 0 bridgehead atoms. The average molecular weight is 557 g/mol. The number of benzene rings is 3. The third-order valence-electron chi connectivity index (χ3n) is 6.31. The molecular weight excluding hydrogens is 519 g/mol. The molecule has 0 aliphatic carbocycles. The zero-order chi connectivity index (χ0) is 28.6. The number of carbonyl (C=O) groups excluding carboxylic acids is 1. The Hall–Kier alpha value is -3.59. The van der Waals surface area contributed by atoms with Gasteiger partial charge >= 0.3 is 10.1 Å². The van der Waals surface area contributed by atoms with Crippen LogP contribution in [0.1, 0.15) is 45.2 Å². The Kier molecular flexibility index (Phi) is 10.3. The lowest BCUT2D eigenvalue weighted by Crippen LogP contribution is -2.31. The van der Waals surface area contributed by atoms with Crippen LogP contribution in [0.5, 0.6) is 11.5 Å². The number of ether oxygens (including phenoxy) is 1. The quantitative estimate of drug-likeness (QED) is 0.240. The van der Waals surface area contributed by atoms with Crippen molar-refractivity contribution in [3.05, 3.63) is 83.7 Å². The van der Waals surface area contributed by atoms with E-state index in [9.17, 15) is 17.6 Å². The first kappa shape index (κ1) is 30.0. The number of hydrogen-bond acceptors (Lipinski definition) is 6. The molecule has 3 aromatic rings. The van der Waals surface area contributed by atoms with Gasteiger partial charge in [0, 0.05) is 49.9 Å². The summed E-state index contributed by atoms with van der Waals surface area (Å²) in [5.74, 6) is 0.357. The van der Waals surface area contributed by atoms with Crippen LogP contribution in [0.4, 0.5) is 10.1 Å². The predicted molar refractivity (Wildman–Crippen MR) is 151 cm³/mol. The molecule has 0 spiro atoms. The van der Waals surface area contributed by atoms with Gasteiger partial charge in [-0.15, -0.1) is 0 Å². The number of methoxy groups -OCH3 is 1. The topological polar surface area (TPSA) is 76.2 Å². The molecule has 9 heteroatoms. The Bertz CT molecular complexity index is 1340. The van der Waals surface area contributed by atoms with Crippen molar-refractivity contribution in [2.45, 2.75) is 52.1 Å². The van der Waals surface area contributed by atoms with Crippen LogP contribution < -0.4 is 13.8 Å². The Morgan fingerprint density at radius 3 is 2.13 bits per heavy atom. The van der Waals surface area contributed by atoms with Gasteiger partial charge in [0.2, 0.25) is 5.91 Å². The number of nitrogens with zero attached hydrogens (tertiary/aromatic N) is 2. The van der Waals surface area contributed by atoms with E-state index >= 15 is 0 Å². The maximum absolute atomic E-state index is 13.5. The number of anilines is 1. The lowest BCUT2D eigenvalue weighted by atomic mass is 10.1. The summed E-state index contributed by atoms with van der Waals surface area (Å²) >= 11 is 0. The first-order valence-electron chi connectivity index (χ1n) is 13.0. The van der Waals surface area contributed by atoms with E-state index in [1.165, 1.54) is 31.4 Å². The fourth-order valence-corrected chi connectivity index (χ4v) is 5.13. The number of amides is 1. The lowest BCUT2D eigenvalue weighted by molar-refractivity contribution is -0.133. The summed E-state index contributed by atoms with van der Waals surface area (Å²) in [5, 5.41) is 0. The van der Waals surface area contributed by atoms with Crippen molar-refractivity contribution >= 4 is 21.7 Å². The van der Waals surface area contributed by atoms with Gasteiger partial charge in [-0.25, -0.2) is 4.39 Å². The predicted octanol–water partition coefficient (Wildman–Crippen LogP) is 6.02. The van der Waals surface area contributed by atoms with Crippen LogP contribution in [-0.4, -0.2) is 39.4 Å². The van der Waals surface area contributed by atoms with Crippen molar-refractivity contribution < 1.29 is 26.5 Å². The van der Waals surface area contributed by atoms with Gasteiger partial charge in [-0.1, -0.05) is 32.0 Å². The highest BCUT2D eigenvalue weighted by atomic mass is 32.2. The third-order valence-corrected chi connectivity index (χ3v) is 7.56. The molecule has 0 saturated carbocycles. The Balaban J connectivity index is 2.01. The largest absolute Gasteiger partial charge is 0.497 e. The fraction of sp³-hybridized carbons (Fsp3) is 0.367. The van der Waals surface area contributed by atoms with Crippen molar-refractivity contribution in [1.82, 2.24) is 4.90 Å². The van der Waals surface area contributed by atoms with Crippen LogP contribution in [0.25, 0.3) is 0 Å². The van der Waals surface area contributed by atoms with Gasteiger partial charge in [0.15, 0.2) is 0 Å². The van der Waals surface area contributed by atoms with Crippen molar-refractivity contribution in [1.29, 1.82) is 0 Å². The van der Waals surface area contributed by atoms with Gasteiger partial charge in [0.25, 0.3) is 0 Å². The van der Waals surface area contributed by atoms with Crippen LogP contribution in [0, 0.1) is 11.7 Å². The molecule has 3 aromatic carbocycles. The van der Waals surface area contributed by atoms with E-state index < -0.39 is 10.1 Å². The summed E-state index contributed by atoms with van der Waals surface area (Å²) in [6.45, 7) is 9.77. The first-order chi connectivity index (χ1) is 18.6. The van der Waals surface area contributed by atoms with Crippen LogP contribution in [0.15, 0.2) is 71.6 Å². The third kappa shape index (κ3) is 8.20. The SMILES string of the molecule is CCN(CC)c1ccc(CN(Cc2ccc(F)cc2)C(=O)CC(C)C)c(OS(=O)(=O)c2ccc(OC)cc2)c1. The number of carbonyl (C=O) groups is 1. The molecule has 3 rings (SSSR count). The average Bonchev–Trinajstić information content (AvgIpc) is 2.91. The molecule has 0 radical (unpaired) electrons. The van der Waals surface area contributed by atoms with E-state index in [0.717, 1.165) is 24.3 Å². The van der Waals surface area contributed by atoms with Crippen molar-refractivity contribution in [2.75, 3.05) is 25.1 Å². The van der Waals surface area contributed by atoms with Crippen LogP contribution >= 0.6 is 0 Å². The molecule has 0 atom stereocenters. The molecule has 210 valence electrons. The Labute approximate surface area is 231 Å². The van der Waals surface area contributed by atoms with E-state index in [1.807, 2.05) is 33.8 Å². The Morgan fingerprint density at radius 2 is 1.56 bits per heavy atom. The molecule has 0 aliphatic rings. The fourth-order valence-electron chi connectivity index (χ4n) is 4.17. The van der Waals surface area contributed by atoms with Gasteiger partial charge in [0.05, 0.1) is 7.11 Å². The van der Waals surface area contributed by atoms with Crippen molar-refractivity contribution in [2.24, 2.45) is 5.92 Å². The minimum absolute atomic E-state index is 0.0125. The van der Waals surface area contributed by atoms with E-state index in [2.05, 4.69) is 4.90 Å². The molecule has 39 heavy (non-hydrogen) atoms. The lowest BCUT2D eigenvalue weighted by Gasteiger charge is -2.26. The van der Waals surface area contributed by atoms with Crippen LogP contribution in [0.2, 0.25) is 0 Å². The summed E-state index contributed by atoms with van der Waals surface area (Å²) in [5.41, 5.74) is 2.12. The molecule has 0 aromatic heterocycles. The van der Waals surface area contributed by atoms with Gasteiger partial charge < -0.3 is 18.7 Å². The maximum Gasteiger partial charge on any atom is 0.339 e. The number of hydrogen-bond donors (Lipinski definition) is 0. The highest BCUT2D eigenvalue weighted by molar-refractivity contribution is 7.87. The molecule has 0 N–H and O–H groups in total. The highest BCUT2D eigenvalue weighted by Crippen LogP contribution is 2.31. The number of rotatable bonds is 13. The monoisotopic (exact) mass is 556 g/mol. The molecule has 0 heterocycles. The van der Waals surface area contributed by atoms with E-state index in [1.54, 1.807) is 41.3 Å². The standard InChI is InChI=1S/C30H37FN2O5S/c1-6-32(7-2)26-13-10-24(29(19-26)38-39(35,36)28-16-14-27(37-5)15-17-28)21-33(30(34)18-22(3)4)20-23-8-11-25(31)12-9-23/h8-17,19,22H,6-7,18,20-21H2,1-5H3. The normalized spacial score (nSPS) is 11.4. The second kappa shape index (κ2) is 13.5. The van der Waals surface area contributed by atoms with E-state index in [4.69, 9.17) is 8.92 Å². The summed E-state index contributed by atoms with van der Waals surface area (Å²) < 4.78 is 50.9. The Morgan fingerprint density at radius 1 is 0.923 bits per heavy atom. The first-order valence-corrected chi connectivity index (χ1v) is 14.5.